The third-order valence-electron chi connectivity index (χ3n) is 4.77. The number of rotatable bonds is 4. The summed E-state index contributed by atoms with van der Waals surface area (Å²) >= 11 is 0. The van der Waals surface area contributed by atoms with Crippen LogP contribution >= 0.6 is 0 Å². The zero-order valence-electron chi connectivity index (χ0n) is 15.4. The number of aromatic nitrogens is 1. The Morgan fingerprint density at radius 2 is 1.96 bits per heavy atom. The van der Waals surface area contributed by atoms with Crippen LogP contribution in [0.2, 0.25) is 0 Å². The Labute approximate surface area is 152 Å². The van der Waals surface area contributed by atoms with Crippen LogP contribution in [0, 0.1) is 13.8 Å². The quantitative estimate of drug-likeness (QED) is 0.895. The maximum atomic E-state index is 13.0. The number of piperazine rings is 1. The van der Waals surface area contributed by atoms with Gasteiger partial charge >= 0.3 is 0 Å². The minimum atomic E-state index is -0.543. The van der Waals surface area contributed by atoms with E-state index in [2.05, 4.69) is 27.5 Å². The molecule has 2 heterocycles. The summed E-state index contributed by atoms with van der Waals surface area (Å²) in [4.78, 5) is 29.3. The molecule has 2 aromatic rings. The number of nitrogens with zero attached hydrogens (tertiary/aromatic N) is 3. The Balaban J connectivity index is 1.79. The van der Waals surface area contributed by atoms with Crippen LogP contribution in [-0.4, -0.2) is 59.5 Å². The maximum Gasteiger partial charge on any atom is 0.260 e. The largest absolute Gasteiger partial charge is 0.361 e. The van der Waals surface area contributed by atoms with Gasteiger partial charge in [-0.05, 0) is 19.4 Å². The van der Waals surface area contributed by atoms with E-state index in [1.54, 1.807) is 25.8 Å². The lowest BCUT2D eigenvalue weighted by molar-refractivity contribution is -0.127. The molecule has 7 heteroatoms. The molecule has 0 aliphatic carbocycles. The van der Waals surface area contributed by atoms with Crippen molar-refractivity contribution in [2.24, 2.45) is 0 Å². The van der Waals surface area contributed by atoms with Crippen LogP contribution < -0.4 is 5.32 Å². The second-order valence-corrected chi connectivity index (χ2v) is 6.55. The molecule has 26 heavy (non-hydrogen) atoms. The van der Waals surface area contributed by atoms with Gasteiger partial charge in [0.2, 0.25) is 5.91 Å². The summed E-state index contributed by atoms with van der Waals surface area (Å²) in [5.41, 5.74) is 2.19. The summed E-state index contributed by atoms with van der Waals surface area (Å²) in [6.45, 7) is 5.88. The van der Waals surface area contributed by atoms with Gasteiger partial charge in [-0.1, -0.05) is 35.5 Å². The molecule has 0 spiro atoms. The fourth-order valence-corrected chi connectivity index (χ4v) is 3.39. The number of likely N-dealkylation sites (N-methyl/N-ethyl adjacent to an activating group) is 1. The van der Waals surface area contributed by atoms with Crippen molar-refractivity contribution in [3.05, 3.63) is 52.9 Å². The molecule has 1 aromatic carbocycles. The van der Waals surface area contributed by atoms with Gasteiger partial charge in [0, 0.05) is 33.2 Å². The highest BCUT2D eigenvalue weighted by molar-refractivity contribution is 5.99. The Bertz CT molecular complexity index is 768. The van der Waals surface area contributed by atoms with E-state index < -0.39 is 6.04 Å². The normalized spacial score (nSPS) is 18.0. The minimum absolute atomic E-state index is 0.164. The van der Waals surface area contributed by atoms with Crippen LogP contribution in [-0.2, 0) is 11.3 Å². The van der Waals surface area contributed by atoms with Crippen LogP contribution in [0.3, 0.4) is 0 Å². The number of carbonyl (C=O) groups is 2. The highest BCUT2D eigenvalue weighted by Gasteiger charge is 2.37. The number of carbonyl (C=O) groups excluding carboxylic acids is 2. The summed E-state index contributed by atoms with van der Waals surface area (Å²) in [5, 5.41) is 6.54. The Hall–Kier alpha value is -2.67. The van der Waals surface area contributed by atoms with Crippen molar-refractivity contribution in [2.75, 3.05) is 26.7 Å². The molecule has 1 aliphatic rings. The number of amides is 2. The van der Waals surface area contributed by atoms with Crippen LogP contribution in [0.25, 0.3) is 0 Å². The van der Waals surface area contributed by atoms with E-state index in [1.165, 1.54) is 5.56 Å². The van der Waals surface area contributed by atoms with E-state index >= 15 is 0 Å². The first-order chi connectivity index (χ1) is 12.5. The predicted octanol–water partition coefficient (Wildman–Crippen LogP) is 1.36. The van der Waals surface area contributed by atoms with Gasteiger partial charge in [-0.3, -0.25) is 14.5 Å². The van der Waals surface area contributed by atoms with Gasteiger partial charge in [0.1, 0.15) is 17.4 Å². The van der Waals surface area contributed by atoms with Crippen molar-refractivity contribution >= 4 is 11.8 Å². The van der Waals surface area contributed by atoms with Crippen LogP contribution in [0.4, 0.5) is 0 Å². The van der Waals surface area contributed by atoms with E-state index in [-0.39, 0.29) is 11.8 Å². The second kappa shape index (κ2) is 7.70. The molecule has 1 aliphatic heterocycles. The summed E-state index contributed by atoms with van der Waals surface area (Å²) in [6.07, 6.45) is 0. The van der Waals surface area contributed by atoms with Crippen LogP contribution in [0.15, 0.2) is 34.9 Å². The zero-order valence-corrected chi connectivity index (χ0v) is 15.4. The lowest BCUT2D eigenvalue weighted by Crippen LogP contribution is -2.60. The van der Waals surface area contributed by atoms with Gasteiger partial charge in [-0.15, -0.1) is 0 Å². The SMILES string of the molecule is CNC(=O)C1CN(Cc2ccccc2)CCN1C(=O)c1c(C)noc1C. The molecule has 1 N–H and O–H groups in total. The topological polar surface area (TPSA) is 78.7 Å². The molecule has 1 aromatic heterocycles. The average molecular weight is 356 g/mol. The number of aryl methyl sites for hydroxylation is 2. The van der Waals surface area contributed by atoms with Crippen LogP contribution in [0.5, 0.6) is 0 Å². The van der Waals surface area contributed by atoms with Gasteiger partial charge in [-0.25, -0.2) is 0 Å². The number of hydrogen-bond donors (Lipinski definition) is 1. The molecular weight excluding hydrogens is 332 g/mol. The minimum Gasteiger partial charge on any atom is -0.361 e. The molecule has 1 fully saturated rings. The molecular formula is C19H24N4O3. The summed E-state index contributed by atoms with van der Waals surface area (Å²) in [5.74, 6) is 0.118. The van der Waals surface area contributed by atoms with Crippen LogP contribution in [0.1, 0.15) is 27.4 Å². The van der Waals surface area contributed by atoms with Crippen molar-refractivity contribution < 1.29 is 14.1 Å². The monoisotopic (exact) mass is 356 g/mol. The maximum absolute atomic E-state index is 13.0. The number of hydrogen-bond acceptors (Lipinski definition) is 5. The summed E-state index contributed by atoms with van der Waals surface area (Å²) in [6, 6.07) is 9.58. The Morgan fingerprint density at radius 1 is 1.23 bits per heavy atom. The van der Waals surface area contributed by atoms with Gasteiger partial charge in [0.25, 0.3) is 5.91 Å². The highest BCUT2D eigenvalue weighted by atomic mass is 16.5. The Morgan fingerprint density at radius 3 is 2.58 bits per heavy atom. The molecule has 2 amide bonds. The lowest BCUT2D eigenvalue weighted by Gasteiger charge is -2.40. The second-order valence-electron chi connectivity index (χ2n) is 6.55. The van der Waals surface area contributed by atoms with E-state index in [4.69, 9.17) is 4.52 Å². The van der Waals surface area contributed by atoms with Gasteiger partial charge in [-0.2, -0.15) is 0 Å². The molecule has 0 radical (unpaired) electrons. The molecule has 3 rings (SSSR count). The van der Waals surface area contributed by atoms with Crippen molar-refractivity contribution in [3.63, 3.8) is 0 Å². The van der Waals surface area contributed by atoms with Gasteiger partial charge < -0.3 is 14.7 Å². The average Bonchev–Trinajstić information content (AvgIpc) is 2.99. The highest BCUT2D eigenvalue weighted by Crippen LogP contribution is 2.20. The molecule has 0 saturated carbocycles. The van der Waals surface area contributed by atoms with E-state index in [9.17, 15) is 9.59 Å². The van der Waals surface area contributed by atoms with E-state index in [0.29, 0.717) is 36.7 Å². The van der Waals surface area contributed by atoms with Crippen molar-refractivity contribution in [1.82, 2.24) is 20.3 Å². The molecule has 1 saturated heterocycles. The first kappa shape index (κ1) is 18.1. The van der Waals surface area contributed by atoms with Crippen molar-refractivity contribution in [1.29, 1.82) is 0 Å². The first-order valence-electron chi connectivity index (χ1n) is 8.73. The third kappa shape index (κ3) is 3.62. The fourth-order valence-electron chi connectivity index (χ4n) is 3.39. The standard InChI is InChI=1S/C19H24N4O3/c1-13-17(14(2)26-21-13)19(25)23-10-9-22(12-16(23)18(24)20-3)11-15-7-5-4-6-8-15/h4-8,16H,9-12H2,1-3H3,(H,20,24). The zero-order chi connectivity index (χ0) is 18.7. The molecule has 1 atom stereocenters. The number of benzene rings is 1. The fraction of sp³-hybridized carbons (Fsp3) is 0.421. The summed E-state index contributed by atoms with van der Waals surface area (Å²) in [7, 11) is 1.59. The van der Waals surface area contributed by atoms with E-state index in [1.807, 2.05) is 18.2 Å². The lowest BCUT2D eigenvalue weighted by atomic mass is 10.1. The number of nitrogens with one attached hydrogen (secondary N) is 1. The predicted molar refractivity (Wildman–Crippen MR) is 96.6 cm³/mol. The van der Waals surface area contributed by atoms with Crippen molar-refractivity contribution in [2.45, 2.75) is 26.4 Å². The Kier molecular flexibility index (Phi) is 5.37. The molecule has 7 nitrogen and oxygen atoms in total. The van der Waals surface area contributed by atoms with E-state index in [0.717, 1.165) is 6.54 Å². The van der Waals surface area contributed by atoms with Gasteiger partial charge in [0.15, 0.2) is 0 Å². The summed E-state index contributed by atoms with van der Waals surface area (Å²) < 4.78 is 5.12. The molecule has 1 unspecified atom stereocenters. The first-order valence-corrected chi connectivity index (χ1v) is 8.73. The smallest absolute Gasteiger partial charge is 0.260 e. The molecule has 0 bridgehead atoms. The third-order valence-corrected chi connectivity index (χ3v) is 4.77. The van der Waals surface area contributed by atoms with Crippen molar-refractivity contribution in [3.8, 4) is 0 Å². The van der Waals surface area contributed by atoms with Gasteiger partial charge in [0.05, 0.1) is 5.69 Å². The molecule has 138 valence electrons.